The quantitative estimate of drug-likeness (QED) is 0.845. The van der Waals surface area contributed by atoms with Gasteiger partial charge in [-0.05, 0) is 18.2 Å². The molecule has 1 aromatic rings. The van der Waals surface area contributed by atoms with E-state index in [0.29, 0.717) is 6.54 Å². The Morgan fingerprint density at radius 3 is 2.67 bits per heavy atom. The molecule has 0 saturated heterocycles. The maximum Gasteiger partial charge on any atom is 0.251 e. The number of hydrogen-bond donors (Lipinski definition) is 1. The highest BCUT2D eigenvalue weighted by atomic mass is 79.9. The van der Waals surface area contributed by atoms with Gasteiger partial charge < -0.3 is 5.32 Å². The molecule has 1 atom stereocenters. The lowest BCUT2D eigenvalue weighted by molar-refractivity contribution is 0.0953. The first-order chi connectivity index (χ1) is 7.00. The minimum absolute atomic E-state index is 0.113. The summed E-state index contributed by atoms with van der Waals surface area (Å²) in [5, 5.41) is 2.57. The van der Waals surface area contributed by atoms with Crippen LogP contribution in [0.1, 0.15) is 17.3 Å². The van der Waals surface area contributed by atoms with Crippen LogP contribution in [-0.4, -0.2) is 17.3 Å². The van der Waals surface area contributed by atoms with Crippen LogP contribution in [-0.2, 0) is 0 Å². The zero-order valence-corrected chi connectivity index (χ0v) is 9.64. The summed E-state index contributed by atoms with van der Waals surface area (Å²) in [6.07, 6.45) is 0. The predicted molar refractivity (Wildman–Crippen MR) is 57.1 cm³/mol. The summed E-state index contributed by atoms with van der Waals surface area (Å²) in [5.41, 5.74) is 0.113. The molecule has 15 heavy (non-hydrogen) atoms. The summed E-state index contributed by atoms with van der Waals surface area (Å²) in [5.74, 6) is -2.39. The van der Waals surface area contributed by atoms with E-state index in [1.807, 2.05) is 6.92 Å². The van der Waals surface area contributed by atoms with Crippen molar-refractivity contribution in [3.8, 4) is 0 Å². The number of carbonyl (C=O) groups excluding carboxylic acids is 1. The van der Waals surface area contributed by atoms with Crippen LogP contribution in [0.25, 0.3) is 0 Å². The second-order valence-corrected chi connectivity index (χ2v) is 4.68. The van der Waals surface area contributed by atoms with Gasteiger partial charge in [0.15, 0.2) is 11.6 Å². The Morgan fingerprint density at radius 2 is 2.13 bits per heavy atom. The molecule has 2 nitrogen and oxygen atoms in total. The minimum atomic E-state index is -1.02. The lowest BCUT2D eigenvalue weighted by Crippen LogP contribution is -2.28. The van der Waals surface area contributed by atoms with Crippen LogP contribution in [0.15, 0.2) is 18.2 Å². The van der Waals surface area contributed by atoms with Gasteiger partial charge in [-0.25, -0.2) is 8.78 Å². The van der Waals surface area contributed by atoms with Crippen LogP contribution in [0.2, 0.25) is 0 Å². The molecule has 1 aromatic carbocycles. The van der Waals surface area contributed by atoms with Crippen molar-refractivity contribution in [2.24, 2.45) is 0 Å². The molecule has 82 valence electrons. The summed E-state index contributed by atoms with van der Waals surface area (Å²) >= 11 is 3.25. The van der Waals surface area contributed by atoms with E-state index >= 15 is 0 Å². The molecular weight excluding hydrogens is 268 g/mol. The van der Waals surface area contributed by atoms with E-state index in [-0.39, 0.29) is 10.4 Å². The van der Waals surface area contributed by atoms with E-state index in [4.69, 9.17) is 0 Å². The SMILES string of the molecule is CC(Br)CNC(=O)c1ccc(F)c(F)c1. The molecule has 0 spiro atoms. The van der Waals surface area contributed by atoms with Gasteiger partial charge in [0, 0.05) is 16.9 Å². The van der Waals surface area contributed by atoms with Crippen molar-refractivity contribution in [3.05, 3.63) is 35.4 Å². The number of benzene rings is 1. The summed E-state index contributed by atoms with van der Waals surface area (Å²) in [6, 6.07) is 3.05. The normalized spacial score (nSPS) is 12.3. The standard InChI is InChI=1S/C10H10BrF2NO/c1-6(11)5-14-10(15)7-2-3-8(12)9(13)4-7/h2-4,6H,5H2,1H3,(H,14,15). The Labute approximate surface area is 94.8 Å². The Hall–Kier alpha value is -0.970. The van der Waals surface area contributed by atoms with E-state index < -0.39 is 17.5 Å². The van der Waals surface area contributed by atoms with Gasteiger partial charge in [-0.3, -0.25) is 4.79 Å². The van der Waals surface area contributed by atoms with Gasteiger partial charge in [0.25, 0.3) is 5.91 Å². The average Bonchev–Trinajstić information content (AvgIpc) is 2.18. The van der Waals surface area contributed by atoms with Gasteiger partial charge in [0.2, 0.25) is 0 Å². The Kier molecular flexibility index (Phi) is 4.20. The fourth-order valence-corrected chi connectivity index (χ4v) is 1.13. The summed E-state index contributed by atoms with van der Waals surface area (Å²) in [6.45, 7) is 2.29. The van der Waals surface area contributed by atoms with E-state index in [1.165, 1.54) is 6.07 Å². The van der Waals surface area contributed by atoms with Crippen molar-refractivity contribution >= 4 is 21.8 Å². The van der Waals surface area contributed by atoms with E-state index in [2.05, 4.69) is 21.2 Å². The smallest absolute Gasteiger partial charge is 0.251 e. The van der Waals surface area contributed by atoms with Gasteiger partial charge in [0.1, 0.15) is 0 Å². The van der Waals surface area contributed by atoms with Crippen LogP contribution >= 0.6 is 15.9 Å². The first-order valence-electron chi connectivity index (χ1n) is 4.38. The maximum absolute atomic E-state index is 12.8. The van der Waals surface area contributed by atoms with Crippen molar-refractivity contribution in [2.45, 2.75) is 11.8 Å². The van der Waals surface area contributed by atoms with E-state index in [9.17, 15) is 13.6 Å². The molecule has 1 rings (SSSR count). The Morgan fingerprint density at radius 1 is 1.47 bits per heavy atom. The third-order valence-electron chi connectivity index (χ3n) is 1.73. The predicted octanol–water partition coefficient (Wildman–Crippen LogP) is 2.48. The molecule has 0 aliphatic heterocycles. The fourth-order valence-electron chi connectivity index (χ4n) is 0.973. The highest BCUT2D eigenvalue weighted by Gasteiger charge is 2.09. The van der Waals surface area contributed by atoms with Crippen LogP contribution in [0.5, 0.6) is 0 Å². The monoisotopic (exact) mass is 277 g/mol. The second kappa shape index (κ2) is 5.21. The van der Waals surface area contributed by atoms with Crippen molar-refractivity contribution in [3.63, 3.8) is 0 Å². The zero-order valence-electron chi connectivity index (χ0n) is 8.06. The van der Waals surface area contributed by atoms with Crippen molar-refractivity contribution in [2.75, 3.05) is 6.54 Å². The summed E-state index contributed by atoms with van der Waals surface area (Å²) < 4.78 is 25.3. The van der Waals surface area contributed by atoms with Crippen LogP contribution in [0.3, 0.4) is 0 Å². The lowest BCUT2D eigenvalue weighted by Gasteiger charge is -2.06. The van der Waals surface area contributed by atoms with Crippen molar-refractivity contribution < 1.29 is 13.6 Å². The first kappa shape index (κ1) is 12.1. The molecular formula is C10H10BrF2NO. The minimum Gasteiger partial charge on any atom is -0.351 e. The number of rotatable bonds is 3. The van der Waals surface area contributed by atoms with Gasteiger partial charge in [-0.15, -0.1) is 0 Å². The molecule has 1 N–H and O–H groups in total. The van der Waals surface area contributed by atoms with Crippen LogP contribution in [0, 0.1) is 11.6 Å². The van der Waals surface area contributed by atoms with Crippen LogP contribution < -0.4 is 5.32 Å². The molecule has 0 radical (unpaired) electrons. The van der Waals surface area contributed by atoms with Crippen LogP contribution in [0.4, 0.5) is 8.78 Å². The van der Waals surface area contributed by atoms with Gasteiger partial charge in [-0.1, -0.05) is 22.9 Å². The second-order valence-electron chi connectivity index (χ2n) is 3.12. The highest BCUT2D eigenvalue weighted by Crippen LogP contribution is 2.08. The molecule has 5 heteroatoms. The van der Waals surface area contributed by atoms with Crippen molar-refractivity contribution in [1.82, 2.24) is 5.32 Å². The molecule has 1 unspecified atom stereocenters. The fraction of sp³-hybridized carbons (Fsp3) is 0.300. The topological polar surface area (TPSA) is 29.1 Å². The molecule has 0 heterocycles. The van der Waals surface area contributed by atoms with Crippen molar-refractivity contribution in [1.29, 1.82) is 0 Å². The van der Waals surface area contributed by atoms with E-state index in [0.717, 1.165) is 12.1 Å². The third-order valence-corrected chi connectivity index (χ3v) is 2.05. The largest absolute Gasteiger partial charge is 0.351 e. The number of nitrogens with one attached hydrogen (secondary N) is 1. The highest BCUT2D eigenvalue weighted by molar-refractivity contribution is 9.09. The molecule has 0 aliphatic rings. The number of halogens is 3. The Balaban J connectivity index is 2.70. The number of carbonyl (C=O) groups is 1. The molecule has 0 aromatic heterocycles. The third kappa shape index (κ3) is 3.58. The summed E-state index contributed by atoms with van der Waals surface area (Å²) in [4.78, 5) is 11.5. The molecule has 1 amide bonds. The first-order valence-corrected chi connectivity index (χ1v) is 5.29. The average molecular weight is 278 g/mol. The molecule has 0 fully saturated rings. The number of hydrogen-bond acceptors (Lipinski definition) is 1. The molecule has 0 bridgehead atoms. The number of alkyl halides is 1. The zero-order chi connectivity index (χ0) is 11.4. The van der Waals surface area contributed by atoms with E-state index in [1.54, 1.807) is 0 Å². The van der Waals surface area contributed by atoms with Gasteiger partial charge >= 0.3 is 0 Å². The lowest BCUT2D eigenvalue weighted by atomic mass is 10.2. The molecule has 0 aliphatic carbocycles. The maximum atomic E-state index is 12.8. The van der Waals surface area contributed by atoms with Gasteiger partial charge in [0.05, 0.1) is 0 Å². The molecule has 0 saturated carbocycles. The summed E-state index contributed by atoms with van der Waals surface area (Å²) in [7, 11) is 0. The number of amides is 1. The van der Waals surface area contributed by atoms with Gasteiger partial charge in [-0.2, -0.15) is 0 Å². The Bertz CT molecular complexity index is 368.